The number of nitrogens with one attached hydrogen (secondary N) is 2. The fourth-order valence-corrected chi connectivity index (χ4v) is 3.44. The van der Waals surface area contributed by atoms with Crippen LogP contribution in [0.3, 0.4) is 0 Å². The topological polar surface area (TPSA) is 74.6 Å². The third-order valence-electron chi connectivity index (χ3n) is 4.91. The number of urea groups is 1. The van der Waals surface area contributed by atoms with E-state index in [4.69, 9.17) is 4.42 Å². The molecule has 1 aromatic heterocycles. The molecule has 3 amide bonds. The van der Waals surface area contributed by atoms with Gasteiger partial charge in [0.25, 0.3) is 0 Å². The van der Waals surface area contributed by atoms with Gasteiger partial charge in [-0.3, -0.25) is 4.79 Å². The molecule has 1 aliphatic rings. The maximum atomic E-state index is 12.2. The molecule has 2 heterocycles. The Labute approximate surface area is 159 Å². The molecule has 3 rings (SSSR count). The van der Waals surface area contributed by atoms with Crippen LogP contribution in [0.15, 0.2) is 34.7 Å². The van der Waals surface area contributed by atoms with E-state index in [1.807, 2.05) is 56.0 Å². The average molecular weight is 369 g/mol. The lowest BCUT2D eigenvalue weighted by Gasteiger charge is -2.16. The molecule has 1 atom stereocenters. The van der Waals surface area contributed by atoms with E-state index < -0.39 is 0 Å². The van der Waals surface area contributed by atoms with Crippen molar-refractivity contribution >= 4 is 11.9 Å². The third-order valence-corrected chi connectivity index (χ3v) is 4.91. The van der Waals surface area contributed by atoms with Gasteiger partial charge in [0.15, 0.2) is 0 Å². The summed E-state index contributed by atoms with van der Waals surface area (Å²) in [6.07, 6.45) is 1.61. The predicted molar refractivity (Wildman–Crippen MR) is 103 cm³/mol. The number of likely N-dealkylation sites (tertiary alicyclic amines) is 1. The number of aryl methyl sites for hydroxylation is 2. The van der Waals surface area contributed by atoms with E-state index in [0.29, 0.717) is 19.5 Å². The maximum Gasteiger partial charge on any atom is 0.315 e. The van der Waals surface area contributed by atoms with E-state index in [1.54, 1.807) is 0 Å². The van der Waals surface area contributed by atoms with Gasteiger partial charge in [-0.2, -0.15) is 0 Å². The fourth-order valence-electron chi connectivity index (χ4n) is 3.44. The Morgan fingerprint density at radius 3 is 2.52 bits per heavy atom. The van der Waals surface area contributed by atoms with Gasteiger partial charge in [-0.25, -0.2) is 4.79 Å². The Balaban J connectivity index is 1.47. The number of amides is 3. The lowest BCUT2D eigenvalue weighted by molar-refractivity contribution is -0.128. The Morgan fingerprint density at radius 1 is 1.22 bits per heavy atom. The number of nitrogens with zero attached hydrogens (tertiary/aromatic N) is 1. The molecule has 27 heavy (non-hydrogen) atoms. The van der Waals surface area contributed by atoms with Crippen LogP contribution >= 0.6 is 0 Å². The van der Waals surface area contributed by atoms with Crippen LogP contribution in [0.2, 0.25) is 0 Å². The quantitative estimate of drug-likeness (QED) is 0.817. The van der Waals surface area contributed by atoms with Crippen LogP contribution in [0.5, 0.6) is 0 Å². The van der Waals surface area contributed by atoms with Gasteiger partial charge in [0, 0.05) is 31.6 Å². The van der Waals surface area contributed by atoms with Crippen molar-refractivity contribution in [2.75, 3.05) is 6.54 Å². The first kappa shape index (κ1) is 19.0. The van der Waals surface area contributed by atoms with Crippen molar-refractivity contribution < 1.29 is 14.0 Å². The second-order valence-corrected chi connectivity index (χ2v) is 7.15. The van der Waals surface area contributed by atoms with Gasteiger partial charge < -0.3 is 20.0 Å². The zero-order valence-electron chi connectivity index (χ0n) is 16.2. The van der Waals surface area contributed by atoms with E-state index in [0.717, 1.165) is 41.2 Å². The first-order valence-electron chi connectivity index (χ1n) is 9.39. The minimum Gasteiger partial charge on any atom is -0.466 e. The van der Waals surface area contributed by atoms with E-state index in [-0.39, 0.29) is 18.0 Å². The van der Waals surface area contributed by atoms with Gasteiger partial charge in [0.2, 0.25) is 5.91 Å². The molecule has 1 saturated heterocycles. The van der Waals surface area contributed by atoms with Crippen molar-refractivity contribution in [3.63, 3.8) is 0 Å². The molecule has 0 saturated carbocycles. The van der Waals surface area contributed by atoms with Crippen molar-refractivity contribution in [3.8, 4) is 0 Å². The van der Waals surface area contributed by atoms with Crippen LogP contribution in [0.25, 0.3) is 0 Å². The minimum atomic E-state index is -0.215. The first-order valence-corrected chi connectivity index (χ1v) is 9.39. The third kappa shape index (κ3) is 4.90. The number of carbonyl (C=O) groups is 2. The highest BCUT2D eigenvalue weighted by atomic mass is 16.3. The number of hydrogen-bond acceptors (Lipinski definition) is 3. The van der Waals surface area contributed by atoms with E-state index in [1.165, 1.54) is 0 Å². The molecule has 0 spiro atoms. The summed E-state index contributed by atoms with van der Waals surface area (Å²) in [6, 6.07) is 9.62. The fraction of sp³-hybridized carbons (Fsp3) is 0.429. The molecule has 6 heteroatoms. The van der Waals surface area contributed by atoms with Crippen molar-refractivity contribution in [1.29, 1.82) is 0 Å². The lowest BCUT2D eigenvalue weighted by atomic mass is 10.1. The summed E-state index contributed by atoms with van der Waals surface area (Å²) in [4.78, 5) is 25.7. The van der Waals surface area contributed by atoms with Crippen molar-refractivity contribution in [2.24, 2.45) is 0 Å². The summed E-state index contributed by atoms with van der Waals surface area (Å²) < 4.78 is 5.52. The number of furan rings is 1. The molecule has 0 bridgehead atoms. The Bertz CT molecular complexity index is 811. The summed E-state index contributed by atoms with van der Waals surface area (Å²) >= 11 is 0. The maximum absolute atomic E-state index is 12.2. The van der Waals surface area contributed by atoms with Crippen molar-refractivity contribution in [2.45, 2.75) is 52.7 Å². The highest BCUT2D eigenvalue weighted by molar-refractivity contribution is 5.78. The number of carbonyl (C=O) groups excluding carboxylic acids is 2. The standard InChI is InChI=1S/C21H27N3O3/c1-14-11-19(16(3)27-14)15(2)23-21(26)22-12-17-6-8-18(9-7-17)13-24-10-4-5-20(24)25/h6-9,11,15H,4-5,10,12-13H2,1-3H3,(H2,22,23,26). The van der Waals surface area contributed by atoms with E-state index in [9.17, 15) is 9.59 Å². The van der Waals surface area contributed by atoms with Crippen LogP contribution in [-0.2, 0) is 17.9 Å². The highest BCUT2D eigenvalue weighted by Crippen LogP contribution is 2.21. The molecule has 6 nitrogen and oxygen atoms in total. The second-order valence-electron chi connectivity index (χ2n) is 7.15. The largest absolute Gasteiger partial charge is 0.466 e. The highest BCUT2D eigenvalue weighted by Gasteiger charge is 2.20. The van der Waals surface area contributed by atoms with Crippen LogP contribution < -0.4 is 10.6 Å². The van der Waals surface area contributed by atoms with Gasteiger partial charge in [0.05, 0.1) is 6.04 Å². The molecule has 2 aromatic rings. The number of benzene rings is 1. The first-order chi connectivity index (χ1) is 12.9. The molecule has 0 aliphatic carbocycles. The summed E-state index contributed by atoms with van der Waals surface area (Å²) in [5.41, 5.74) is 3.12. The van der Waals surface area contributed by atoms with Crippen molar-refractivity contribution in [3.05, 3.63) is 58.5 Å². The molecule has 1 unspecified atom stereocenters. The van der Waals surface area contributed by atoms with E-state index in [2.05, 4.69) is 10.6 Å². The number of hydrogen-bond donors (Lipinski definition) is 2. The normalized spacial score (nSPS) is 15.1. The number of rotatable bonds is 6. The second kappa shape index (κ2) is 8.29. The molecule has 1 aliphatic heterocycles. The molecule has 1 fully saturated rings. The Hall–Kier alpha value is -2.76. The molecule has 1 aromatic carbocycles. The zero-order chi connectivity index (χ0) is 19.4. The van der Waals surface area contributed by atoms with Crippen molar-refractivity contribution in [1.82, 2.24) is 15.5 Å². The molecular formula is C21H27N3O3. The molecule has 2 N–H and O–H groups in total. The monoisotopic (exact) mass is 369 g/mol. The zero-order valence-corrected chi connectivity index (χ0v) is 16.2. The van der Waals surface area contributed by atoms with Gasteiger partial charge in [-0.05, 0) is 44.4 Å². The van der Waals surface area contributed by atoms with Gasteiger partial charge in [0.1, 0.15) is 11.5 Å². The summed E-state index contributed by atoms with van der Waals surface area (Å²) in [7, 11) is 0. The van der Waals surface area contributed by atoms with Gasteiger partial charge >= 0.3 is 6.03 Å². The smallest absolute Gasteiger partial charge is 0.315 e. The van der Waals surface area contributed by atoms with Crippen LogP contribution in [0.1, 0.15) is 54.0 Å². The molecular weight excluding hydrogens is 342 g/mol. The van der Waals surface area contributed by atoms with E-state index >= 15 is 0 Å². The Morgan fingerprint density at radius 2 is 1.93 bits per heavy atom. The van der Waals surface area contributed by atoms with Crippen LogP contribution in [0, 0.1) is 13.8 Å². The lowest BCUT2D eigenvalue weighted by Crippen LogP contribution is -2.36. The summed E-state index contributed by atoms with van der Waals surface area (Å²) in [6.45, 7) is 7.68. The Kier molecular flexibility index (Phi) is 5.84. The predicted octanol–water partition coefficient (Wildman–Crippen LogP) is 3.58. The molecule has 144 valence electrons. The van der Waals surface area contributed by atoms with Crippen LogP contribution in [0.4, 0.5) is 4.79 Å². The summed E-state index contributed by atoms with van der Waals surface area (Å²) in [5.74, 6) is 1.90. The van der Waals surface area contributed by atoms with Gasteiger partial charge in [-0.15, -0.1) is 0 Å². The minimum absolute atomic E-state index is 0.122. The molecule has 0 radical (unpaired) electrons. The summed E-state index contributed by atoms with van der Waals surface area (Å²) in [5, 5.41) is 5.81. The van der Waals surface area contributed by atoms with Gasteiger partial charge in [-0.1, -0.05) is 24.3 Å². The van der Waals surface area contributed by atoms with Crippen LogP contribution in [-0.4, -0.2) is 23.4 Å². The average Bonchev–Trinajstić information content (AvgIpc) is 3.19. The SMILES string of the molecule is Cc1cc(C(C)NC(=O)NCc2ccc(CN3CCCC3=O)cc2)c(C)o1.